The standard InChI is InChI=1S/C19H20N2O2S/c1-23-13-9-7-12(8-10-13)11-16-20-18(22)17-14-5-3-2-4-6-15(14)24-19(17)21-16/h7-10H,2-6,11H2,1H3,(H,20,21,22). The molecule has 0 radical (unpaired) electrons. The first kappa shape index (κ1) is 15.4. The SMILES string of the molecule is COc1ccc(Cc2nc3sc4c(c3c(=O)[nH]2)CCCCC4)cc1. The second kappa shape index (κ2) is 6.40. The summed E-state index contributed by atoms with van der Waals surface area (Å²) in [5, 5.41) is 0.829. The minimum absolute atomic E-state index is 0.0166. The molecule has 4 rings (SSSR count). The molecule has 0 spiro atoms. The Kier molecular flexibility index (Phi) is 4.10. The van der Waals surface area contributed by atoms with Crippen LogP contribution in [0.5, 0.6) is 5.75 Å². The molecule has 0 fully saturated rings. The average Bonchev–Trinajstić information content (AvgIpc) is 2.78. The molecule has 2 heterocycles. The number of H-pyrrole nitrogens is 1. The number of fused-ring (bicyclic) bond motifs is 3. The van der Waals surface area contributed by atoms with Gasteiger partial charge in [-0.15, -0.1) is 11.3 Å². The van der Waals surface area contributed by atoms with Gasteiger partial charge in [-0.1, -0.05) is 18.6 Å². The molecule has 4 nitrogen and oxygen atoms in total. The Morgan fingerprint density at radius 3 is 2.75 bits per heavy atom. The molecule has 0 aliphatic heterocycles. The van der Waals surface area contributed by atoms with E-state index in [0.717, 1.165) is 40.2 Å². The van der Waals surface area contributed by atoms with Crippen molar-refractivity contribution in [3.8, 4) is 5.75 Å². The van der Waals surface area contributed by atoms with Crippen LogP contribution in [0.1, 0.15) is 41.1 Å². The molecule has 3 aromatic rings. The topological polar surface area (TPSA) is 55.0 Å². The van der Waals surface area contributed by atoms with E-state index < -0.39 is 0 Å². The summed E-state index contributed by atoms with van der Waals surface area (Å²) >= 11 is 1.71. The Hall–Kier alpha value is -2.14. The van der Waals surface area contributed by atoms with E-state index in [2.05, 4.69) is 4.98 Å². The van der Waals surface area contributed by atoms with Crippen molar-refractivity contribution in [2.75, 3.05) is 7.11 Å². The van der Waals surface area contributed by atoms with Crippen molar-refractivity contribution in [2.45, 2.75) is 38.5 Å². The van der Waals surface area contributed by atoms with E-state index >= 15 is 0 Å². The number of aromatic amines is 1. The number of rotatable bonds is 3. The molecule has 24 heavy (non-hydrogen) atoms. The zero-order chi connectivity index (χ0) is 16.5. The van der Waals surface area contributed by atoms with Gasteiger partial charge in [0.05, 0.1) is 12.5 Å². The molecule has 0 saturated heterocycles. The lowest BCUT2D eigenvalue weighted by atomic mass is 10.1. The minimum Gasteiger partial charge on any atom is -0.497 e. The highest BCUT2D eigenvalue weighted by molar-refractivity contribution is 7.18. The number of aromatic nitrogens is 2. The van der Waals surface area contributed by atoms with Gasteiger partial charge >= 0.3 is 0 Å². The van der Waals surface area contributed by atoms with Gasteiger partial charge < -0.3 is 9.72 Å². The number of methoxy groups -OCH3 is 1. The predicted molar refractivity (Wildman–Crippen MR) is 97.3 cm³/mol. The fourth-order valence-electron chi connectivity index (χ4n) is 3.41. The molecule has 0 amide bonds. The van der Waals surface area contributed by atoms with Gasteiger partial charge in [-0.2, -0.15) is 0 Å². The third kappa shape index (κ3) is 2.84. The van der Waals surface area contributed by atoms with Gasteiger partial charge in [0.15, 0.2) is 0 Å². The van der Waals surface area contributed by atoms with Gasteiger partial charge in [0.2, 0.25) is 0 Å². The molecule has 1 aliphatic carbocycles. The van der Waals surface area contributed by atoms with E-state index in [1.807, 2.05) is 24.3 Å². The Balaban J connectivity index is 1.71. The van der Waals surface area contributed by atoms with Crippen LogP contribution in [-0.2, 0) is 19.3 Å². The maximum absolute atomic E-state index is 12.6. The van der Waals surface area contributed by atoms with Crippen molar-refractivity contribution in [3.05, 3.63) is 56.4 Å². The number of ether oxygens (including phenoxy) is 1. The minimum atomic E-state index is 0.0166. The van der Waals surface area contributed by atoms with Gasteiger partial charge in [0.1, 0.15) is 16.4 Å². The highest BCUT2D eigenvalue weighted by atomic mass is 32.1. The Morgan fingerprint density at radius 2 is 1.96 bits per heavy atom. The van der Waals surface area contributed by atoms with Crippen LogP contribution in [-0.4, -0.2) is 17.1 Å². The molecule has 0 atom stereocenters. The molecule has 0 unspecified atom stereocenters. The van der Waals surface area contributed by atoms with Gasteiger partial charge in [-0.05, 0) is 48.9 Å². The van der Waals surface area contributed by atoms with Crippen LogP contribution >= 0.6 is 11.3 Å². The third-order valence-electron chi connectivity index (χ3n) is 4.65. The molecular weight excluding hydrogens is 320 g/mol. The molecular formula is C19H20N2O2S. The summed E-state index contributed by atoms with van der Waals surface area (Å²) in [6.07, 6.45) is 6.37. The van der Waals surface area contributed by atoms with E-state index in [4.69, 9.17) is 9.72 Å². The second-order valence-corrected chi connectivity index (χ2v) is 7.37. The molecule has 0 bridgehead atoms. The van der Waals surface area contributed by atoms with Gasteiger partial charge in [-0.25, -0.2) is 4.98 Å². The highest BCUT2D eigenvalue weighted by Crippen LogP contribution is 2.32. The highest BCUT2D eigenvalue weighted by Gasteiger charge is 2.18. The lowest BCUT2D eigenvalue weighted by Gasteiger charge is -2.04. The van der Waals surface area contributed by atoms with Crippen LogP contribution in [0.3, 0.4) is 0 Å². The average molecular weight is 340 g/mol. The summed E-state index contributed by atoms with van der Waals surface area (Å²) in [7, 11) is 1.66. The van der Waals surface area contributed by atoms with Crippen LogP contribution in [0.25, 0.3) is 10.2 Å². The molecule has 0 saturated carbocycles. The quantitative estimate of drug-likeness (QED) is 0.737. The van der Waals surface area contributed by atoms with Gasteiger partial charge in [0, 0.05) is 11.3 Å². The first-order valence-electron chi connectivity index (χ1n) is 8.41. The second-order valence-electron chi connectivity index (χ2n) is 6.28. The molecule has 2 aromatic heterocycles. The number of nitrogens with one attached hydrogen (secondary N) is 1. The normalized spacial score (nSPS) is 14.4. The number of hydrogen-bond acceptors (Lipinski definition) is 4. The van der Waals surface area contributed by atoms with E-state index in [0.29, 0.717) is 6.42 Å². The Morgan fingerprint density at radius 1 is 1.17 bits per heavy atom. The number of hydrogen-bond donors (Lipinski definition) is 1. The van der Waals surface area contributed by atoms with Crippen LogP contribution in [0.4, 0.5) is 0 Å². The van der Waals surface area contributed by atoms with E-state index in [9.17, 15) is 4.79 Å². The summed E-state index contributed by atoms with van der Waals surface area (Å²) in [5.74, 6) is 1.56. The first-order valence-corrected chi connectivity index (χ1v) is 9.22. The van der Waals surface area contributed by atoms with E-state index in [1.165, 1.54) is 29.7 Å². The Labute approximate surface area is 144 Å². The van der Waals surface area contributed by atoms with Crippen LogP contribution < -0.4 is 10.3 Å². The van der Waals surface area contributed by atoms with Crippen molar-refractivity contribution < 1.29 is 4.74 Å². The van der Waals surface area contributed by atoms with Crippen molar-refractivity contribution in [1.29, 1.82) is 0 Å². The summed E-state index contributed by atoms with van der Waals surface area (Å²) in [6, 6.07) is 7.87. The fraction of sp³-hybridized carbons (Fsp3) is 0.368. The summed E-state index contributed by atoms with van der Waals surface area (Å²) < 4.78 is 5.18. The summed E-state index contributed by atoms with van der Waals surface area (Å²) in [5.41, 5.74) is 2.37. The van der Waals surface area contributed by atoms with Crippen molar-refractivity contribution >= 4 is 21.6 Å². The fourth-order valence-corrected chi connectivity index (χ4v) is 4.69. The maximum Gasteiger partial charge on any atom is 0.259 e. The first-order chi connectivity index (χ1) is 11.7. The number of thiophene rings is 1. The predicted octanol–water partition coefficient (Wildman–Crippen LogP) is 3.85. The number of aryl methyl sites for hydroxylation is 2. The van der Waals surface area contributed by atoms with Crippen molar-refractivity contribution in [3.63, 3.8) is 0 Å². The lowest BCUT2D eigenvalue weighted by Crippen LogP contribution is -2.12. The van der Waals surface area contributed by atoms with E-state index in [-0.39, 0.29) is 5.56 Å². The van der Waals surface area contributed by atoms with Crippen molar-refractivity contribution in [1.82, 2.24) is 9.97 Å². The van der Waals surface area contributed by atoms with Gasteiger partial charge in [0.25, 0.3) is 5.56 Å². The zero-order valence-corrected chi connectivity index (χ0v) is 14.5. The molecule has 1 N–H and O–H groups in total. The summed E-state index contributed by atoms with van der Waals surface area (Å²) in [4.78, 5) is 22.6. The molecule has 124 valence electrons. The zero-order valence-electron chi connectivity index (χ0n) is 13.7. The van der Waals surface area contributed by atoms with Crippen LogP contribution in [0.2, 0.25) is 0 Å². The number of nitrogens with zero attached hydrogens (tertiary/aromatic N) is 1. The smallest absolute Gasteiger partial charge is 0.259 e. The molecule has 1 aromatic carbocycles. The van der Waals surface area contributed by atoms with Crippen molar-refractivity contribution in [2.24, 2.45) is 0 Å². The largest absolute Gasteiger partial charge is 0.497 e. The lowest BCUT2D eigenvalue weighted by molar-refractivity contribution is 0.414. The molecule has 1 aliphatic rings. The Bertz CT molecular complexity index is 925. The number of benzene rings is 1. The van der Waals surface area contributed by atoms with Crippen LogP contribution in [0, 0.1) is 0 Å². The maximum atomic E-state index is 12.6. The monoisotopic (exact) mass is 340 g/mol. The van der Waals surface area contributed by atoms with Gasteiger partial charge in [-0.3, -0.25) is 4.79 Å². The molecule has 5 heteroatoms. The van der Waals surface area contributed by atoms with E-state index in [1.54, 1.807) is 18.4 Å². The third-order valence-corrected chi connectivity index (χ3v) is 5.84. The van der Waals surface area contributed by atoms with Crippen LogP contribution in [0.15, 0.2) is 29.1 Å². The summed E-state index contributed by atoms with van der Waals surface area (Å²) in [6.45, 7) is 0.